The molecule has 18 heteroatoms. The second-order valence-electron chi connectivity index (χ2n) is 15.4. The number of hydrogen-bond donors (Lipinski definition) is 2. The highest BCUT2D eigenvalue weighted by Crippen LogP contribution is 2.36. The highest BCUT2D eigenvalue weighted by atomic mass is 32.2. The molecule has 2 aromatic heterocycles. The topological polar surface area (TPSA) is 199 Å². The van der Waals surface area contributed by atoms with Gasteiger partial charge >= 0.3 is 0 Å². The number of anilines is 2. The van der Waals surface area contributed by atoms with Gasteiger partial charge in [-0.2, -0.15) is 5.10 Å². The number of carbonyl (C=O) groups excluding carboxylic acids is 4. The highest BCUT2D eigenvalue weighted by Gasteiger charge is 2.45. The molecule has 17 nitrogen and oxygen atoms in total. The van der Waals surface area contributed by atoms with E-state index < -0.39 is 39.7 Å². The summed E-state index contributed by atoms with van der Waals surface area (Å²) in [7, 11) is -2.52. The third-order valence-electron chi connectivity index (χ3n) is 11.5. The SMILES string of the molecule is COc1cc(Cn2cccn2)cc2onc(NS(=O)(=O)c3cccc(N4CCC(CN5CCC(Oc6ccc7c(c6)C(=O)N(C6CCC(=O)NC6=O)C7=O)CC5)C4)c3)c12. The van der Waals surface area contributed by atoms with Gasteiger partial charge in [0.25, 0.3) is 21.8 Å². The summed E-state index contributed by atoms with van der Waals surface area (Å²) in [6, 6.07) is 16.1. The number of amides is 4. The van der Waals surface area contributed by atoms with Crippen LogP contribution in [-0.2, 0) is 26.2 Å². The summed E-state index contributed by atoms with van der Waals surface area (Å²) < 4.78 is 49.2. The van der Waals surface area contributed by atoms with Crippen molar-refractivity contribution in [2.45, 2.75) is 55.7 Å². The summed E-state index contributed by atoms with van der Waals surface area (Å²) in [6.45, 7) is 4.63. The molecule has 0 spiro atoms. The number of nitrogens with one attached hydrogen (secondary N) is 2. The van der Waals surface area contributed by atoms with Crippen LogP contribution in [0.4, 0.5) is 11.5 Å². The van der Waals surface area contributed by atoms with Gasteiger partial charge in [0, 0.05) is 57.2 Å². The van der Waals surface area contributed by atoms with Gasteiger partial charge in [-0.1, -0.05) is 11.2 Å². The molecule has 2 N–H and O–H groups in total. The van der Waals surface area contributed by atoms with Crippen LogP contribution in [0.15, 0.2) is 82.5 Å². The van der Waals surface area contributed by atoms with E-state index in [-0.39, 0.29) is 40.8 Å². The molecule has 9 rings (SSSR count). The van der Waals surface area contributed by atoms with E-state index in [4.69, 9.17) is 14.0 Å². The summed E-state index contributed by atoms with van der Waals surface area (Å²) in [4.78, 5) is 56.0. The first-order valence-electron chi connectivity index (χ1n) is 19.6. The van der Waals surface area contributed by atoms with E-state index in [1.807, 2.05) is 24.4 Å². The van der Waals surface area contributed by atoms with Crippen LogP contribution in [0, 0.1) is 5.92 Å². The zero-order chi connectivity index (χ0) is 40.8. The van der Waals surface area contributed by atoms with Crippen LogP contribution in [-0.4, -0.2) is 109 Å². The van der Waals surface area contributed by atoms with E-state index in [9.17, 15) is 27.6 Å². The summed E-state index contributed by atoms with van der Waals surface area (Å²) in [5.74, 6) is -0.818. The molecule has 4 aliphatic rings. The van der Waals surface area contributed by atoms with Gasteiger partial charge in [-0.15, -0.1) is 0 Å². The number of carbonyl (C=O) groups is 4. The minimum absolute atomic E-state index is 0.0422. The second-order valence-corrected chi connectivity index (χ2v) is 17.1. The van der Waals surface area contributed by atoms with E-state index >= 15 is 0 Å². The molecular weight excluding hydrogens is 781 g/mol. The van der Waals surface area contributed by atoms with Gasteiger partial charge in [0.2, 0.25) is 11.8 Å². The molecule has 0 aliphatic carbocycles. The van der Waals surface area contributed by atoms with Crippen molar-refractivity contribution in [3.05, 3.63) is 89.7 Å². The van der Waals surface area contributed by atoms with E-state index in [1.165, 1.54) is 7.11 Å². The number of methoxy groups -OCH3 is 1. The van der Waals surface area contributed by atoms with Crippen molar-refractivity contribution >= 4 is 56.1 Å². The molecule has 59 heavy (non-hydrogen) atoms. The van der Waals surface area contributed by atoms with E-state index in [2.05, 4.69) is 30.1 Å². The number of fused-ring (bicyclic) bond motifs is 2. The van der Waals surface area contributed by atoms with Crippen LogP contribution in [0.1, 0.15) is 58.4 Å². The first-order valence-corrected chi connectivity index (χ1v) is 21.1. The average Bonchev–Trinajstić information content (AvgIpc) is 4.05. The van der Waals surface area contributed by atoms with E-state index in [0.717, 1.165) is 68.1 Å². The van der Waals surface area contributed by atoms with Crippen LogP contribution in [0.25, 0.3) is 11.0 Å². The Kier molecular flexibility index (Phi) is 10.0. The molecule has 0 radical (unpaired) electrons. The number of aromatic nitrogens is 3. The predicted octanol–water partition coefficient (Wildman–Crippen LogP) is 3.65. The molecule has 0 saturated carbocycles. The van der Waals surface area contributed by atoms with Crippen molar-refractivity contribution < 1.29 is 41.6 Å². The fourth-order valence-electron chi connectivity index (χ4n) is 8.53. The summed E-state index contributed by atoms with van der Waals surface area (Å²) in [5.41, 5.74) is 2.47. The third kappa shape index (κ3) is 7.60. The summed E-state index contributed by atoms with van der Waals surface area (Å²) >= 11 is 0. The second kappa shape index (κ2) is 15.5. The molecule has 5 aromatic rings. The maximum absolute atomic E-state index is 13.7. The van der Waals surface area contributed by atoms with Crippen LogP contribution < -0.4 is 24.4 Å². The Bertz CT molecular complexity index is 2570. The quantitative estimate of drug-likeness (QED) is 0.173. The van der Waals surface area contributed by atoms with Crippen molar-refractivity contribution in [3.8, 4) is 11.5 Å². The Labute approximate surface area is 339 Å². The Morgan fingerprint density at radius 3 is 2.54 bits per heavy atom. The summed E-state index contributed by atoms with van der Waals surface area (Å²) in [5, 5.41) is 10.9. The standard InChI is InChI=1S/C41H42N8O9S/c1-56-34-18-26(24-48-14-3-13-42-48)19-35-37(34)38(44-58-35)45-59(54,55)30-5-2-4-27(20-30)47-17-10-25(23-47)22-46-15-11-28(12-16-46)57-29-6-7-31-32(21-29)41(53)49(40(31)52)33-8-9-36(50)43-39(33)51/h2-7,13-14,18-21,25,28,33H,8-12,15-17,22-24H2,1H3,(H,44,45)(H,43,50,51). The number of rotatable bonds is 12. The van der Waals surface area contributed by atoms with Gasteiger partial charge in [-0.25, -0.2) is 8.42 Å². The van der Waals surface area contributed by atoms with Gasteiger partial charge in [0.15, 0.2) is 11.4 Å². The lowest BCUT2D eigenvalue weighted by atomic mass is 10.0. The minimum atomic E-state index is -4.03. The monoisotopic (exact) mass is 822 g/mol. The molecule has 4 aliphatic heterocycles. The Balaban J connectivity index is 0.780. The van der Waals surface area contributed by atoms with Gasteiger partial charge < -0.3 is 23.8 Å². The zero-order valence-corrected chi connectivity index (χ0v) is 33.0. The normalized spacial score (nSPS) is 20.4. The minimum Gasteiger partial charge on any atom is -0.496 e. The molecule has 2 unspecified atom stereocenters. The molecule has 306 valence electrons. The fourth-order valence-corrected chi connectivity index (χ4v) is 9.58. The Morgan fingerprint density at radius 1 is 0.932 bits per heavy atom. The fraction of sp³-hybridized carbons (Fsp3) is 0.366. The Hall–Kier alpha value is -6.27. The van der Waals surface area contributed by atoms with Crippen molar-refractivity contribution in [1.82, 2.24) is 30.1 Å². The van der Waals surface area contributed by atoms with Crippen LogP contribution in [0.5, 0.6) is 11.5 Å². The molecule has 6 heterocycles. The first-order chi connectivity index (χ1) is 28.5. The number of imide groups is 2. The van der Waals surface area contributed by atoms with Crippen LogP contribution in [0.2, 0.25) is 0 Å². The van der Waals surface area contributed by atoms with Crippen molar-refractivity contribution in [1.29, 1.82) is 0 Å². The number of benzene rings is 3. The number of piperidine rings is 2. The number of hydrogen-bond acceptors (Lipinski definition) is 13. The molecule has 2 atom stereocenters. The molecular formula is C41H42N8O9S. The molecule has 3 aromatic carbocycles. The lowest BCUT2D eigenvalue weighted by molar-refractivity contribution is -0.136. The zero-order valence-electron chi connectivity index (χ0n) is 32.2. The number of likely N-dealkylation sites (tertiary alicyclic amines) is 1. The first kappa shape index (κ1) is 38.3. The van der Waals surface area contributed by atoms with Crippen LogP contribution >= 0.6 is 0 Å². The number of ether oxygens (including phenoxy) is 2. The number of nitrogens with zero attached hydrogens (tertiary/aromatic N) is 6. The molecule has 3 saturated heterocycles. The van der Waals surface area contributed by atoms with E-state index in [1.54, 1.807) is 53.3 Å². The smallest absolute Gasteiger partial charge is 0.263 e. The molecule has 3 fully saturated rings. The molecule has 4 amide bonds. The predicted molar refractivity (Wildman–Crippen MR) is 213 cm³/mol. The highest BCUT2D eigenvalue weighted by molar-refractivity contribution is 7.92. The average molecular weight is 823 g/mol. The maximum Gasteiger partial charge on any atom is 0.263 e. The lowest BCUT2D eigenvalue weighted by Gasteiger charge is -2.33. The van der Waals surface area contributed by atoms with Crippen molar-refractivity contribution in [2.24, 2.45) is 5.92 Å². The van der Waals surface area contributed by atoms with Gasteiger partial charge in [0.05, 0.1) is 29.7 Å². The molecule has 0 bridgehead atoms. The third-order valence-corrected chi connectivity index (χ3v) is 12.8. The largest absolute Gasteiger partial charge is 0.496 e. The van der Waals surface area contributed by atoms with Gasteiger partial charge in [-0.05, 0) is 91.8 Å². The van der Waals surface area contributed by atoms with Gasteiger partial charge in [-0.3, -0.25) is 38.8 Å². The lowest BCUT2D eigenvalue weighted by Crippen LogP contribution is -2.54. The number of sulfonamides is 1. The summed E-state index contributed by atoms with van der Waals surface area (Å²) in [6.07, 6.45) is 6.17. The van der Waals surface area contributed by atoms with Gasteiger partial charge in [0.1, 0.15) is 29.0 Å². The Morgan fingerprint density at radius 2 is 1.76 bits per heavy atom. The van der Waals surface area contributed by atoms with Crippen LogP contribution in [0.3, 0.4) is 0 Å². The van der Waals surface area contributed by atoms with Crippen molar-refractivity contribution in [2.75, 3.05) is 49.5 Å². The van der Waals surface area contributed by atoms with Crippen molar-refractivity contribution in [3.63, 3.8) is 0 Å². The van der Waals surface area contributed by atoms with E-state index in [0.29, 0.717) is 34.9 Å². The maximum atomic E-state index is 13.7.